The summed E-state index contributed by atoms with van der Waals surface area (Å²) in [5.74, 6) is -0.827. The first-order chi connectivity index (χ1) is 16.7. The van der Waals surface area contributed by atoms with Crippen molar-refractivity contribution in [3.05, 3.63) is 78.8 Å². The monoisotopic (exact) mass is 502 g/mol. The molecule has 0 atom stereocenters. The number of nitro benzene ring substituents is 2. The fraction of sp³-hybridized carbons (Fsp3) is 0. The van der Waals surface area contributed by atoms with Crippen LogP contribution in [0.25, 0.3) is 0 Å². The Balaban J connectivity index is 0.000000196. The van der Waals surface area contributed by atoms with Gasteiger partial charge in [0.15, 0.2) is 0 Å². The normalized spacial score (nSPS) is 9.97. The number of non-ortho nitro benzene ring substituents is 1. The number of carbonyl (C=O) groups is 2. The maximum absolute atomic E-state index is 11.7. The number of nitrogens with zero attached hydrogens (tertiary/aromatic N) is 8. The van der Waals surface area contributed by atoms with Crippen molar-refractivity contribution in [1.82, 2.24) is 41.2 Å². The molecule has 19 heteroatoms. The number of H-pyrrole nitrogens is 2. The van der Waals surface area contributed by atoms with E-state index in [1.807, 2.05) is 0 Å². The fourth-order valence-corrected chi connectivity index (χ4v) is 2.56. The molecule has 0 fully saturated rings. The second-order valence-corrected chi connectivity index (χ2v) is 6.54. The lowest BCUT2D eigenvalue weighted by atomic mass is 10.2. The van der Waals surface area contributed by atoms with Crippen molar-refractivity contribution in [2.45, 2.75) is 0 Å². The third kappa shape index (κ3) is 6.55. The van der Waals surface area contributed by atoms with Gasteiger partial charge in [-0.15, -0.1) is 0 Å². The molecule has 178 valence electrons. The van der Waals surface area contributed by atoms with Crippen molar-refractivity contribution in [2.24, 2.45) is 0 Å². The van der Waals surface area contributed by atoms with Gasteiger partial charge in [-0.25, -0.2) is 10.2 Å². The van der Waals surface area contributed by atoms with Crippen LogP contribution in [0.15, 0.2) is 42.5 Å². The van der Waals surface area contributed by atoms with Gasteiger partial charge in [-0.2, -0.15) is 0 Å². The van der Waals surface area contributed by atoms with Gasteiger partial charge in [0, 0.05) is 29.3 Å². The molecule has 0 radical (unpaired) electrons. The molecule has 4 aromatic rings. The van der Waals surface area contributed by atoms with Crippen LogP contribution in [0, 0.1) is 20.2 Å². The van der Waals surface area contributed by atoms with Crippen molar-refractivity contribution in [1.29, 1.82) is 0 Å². The van der Waals surface area contributed by atoms with Gasteiger partial charge in [0.1, 0.15) is 5.02 Å². The predicted octanol–water partition coefficient (Wildman–Crippen LogP) is 1.37. The minimum absolute atomic E-state index is 0.0643. The number of hydrogen-bond acceptors (Lipinski definition) is 12. The van der Waals surface area contributed by atoms with Crippen LogP contribution in [-0.2, 0) is 0 Å². The van der Waals surface area contributed by atoms with Crippen LogP contribution in [0.4, 0.5) is 23.3 Å². The molecule has 2 aromatic carbocycles. The quantitative estimate of drug-likeness (QED) is 0.215. The Morgan fingerprint density at radius 3 is 1.74 bits per heavy atom. The van der Waals surface area contributed by atoms with E-state index in [0.717, 1.165) is 6.07 Å². The Morgan fingerprint density at radius 1 is 0.800 bits per heavy atom. The van der Waals surface area contributed by atoms with Crippen molar-refractivity contribution in [3.8, 4) is 0 Å². The zero-order valence-electron chi connectivity index (χ0n) is 16.9. The second-order valence-electron chi connectivity index (χ2n) is 6.14. The molecule has 0 bridgehead atoms. The van der Waals surface area contributed by atoms with Gasteiger partial charge in [-0.3, -0.25) is 40.5 Å². The van der Waals surface area contributed by atoms with E-state index in [1.54, 1.807) is 0 Å². The minimum atomic E-state index is -0.635. The van der Waals surface area contributed by atoms with Crippen LogP contribution in [0.5, 0.6) is 0 Å². The number of tetrazole rings is 2. The first kappa shape index (κ1) is 24.3. The van der Waals surface area contributed by atoms with Crippen LogP contribution >= 0.6 is 11.6 Å². The van der Waals surface area contributed by atoms with Gasteiger partial charge < -0.3 is 0 Å². The van der Waals surface area contributed by atoms with Gasteiger partial charge in [0.25, 0.3) is 23.2 Å². The van der Waals surface area contributed by atoms with Crippen LogP contribution in [0.2, 0.25) is 5.02 Å². The lowest BCUT2D eigenvalue weighted by Gasteiger charge is -2.01. The first-order valence-electron chi connectivity index (χ1n) is 9.03. The predicted molar refractivity (Wildman–Crippen MR) is 115 cm³/mol. The summed E-state index contributed by atoms with van der Waals surface area (Å²) in [6, 6.07) is 8.80. The third-order valence-corrected chi connectivity index (χ3v) is 4.20. The van der Waals surface area contributed by atoms with E-state index >= 15 is 0 Å². The number of nitrogens with one attached hydrogen (secondary N) is 4. The van der Waals surface area contributed by atoms with E-state index < -0.39 is 21.7 Å². The molecule has 0 aliphatic carbocycles. The average Bonchev–Trinajstić information content (AvgIpc) is 3.53. The van der Waals surface area contributed by atoms with E-state index in [2.05, 4.69) is 51.9 Å². The van der Waals surface area contributed by atoms with E-state index in [1.165, 1.54) is 36.4 Å². The lowest BCUT2D eigenvalue weighted by molar-refractivity contribution is -0.385. The number of carbonyl (C=O) groups excluding carboxylic acids is 2. The van der Waals surface area contributed by atoms with E-state index in [0.29, 0.717) is 0 Å². The highest BCUT2D eigenvalue weighted by atomic mass is 35.5. The number of nitro groups is 2. The zero-order chi connectivity index (χ0) is 25.4. The number of rotatable bonds is 6. The molecule has 35 heavy (non-hydrogen) atoms. The van der Waals surface area contributed by atoms with Crippen molar-refractivity contribution >= 4 is 46.7 Å². The molecule has 0 saturated heterocycles. The van der Waals surface area contributed by atoms with Crippen molar-refractivity contribution in [3.63, 3.8) is 0 Å². The molecule has 0 saturated carbocycles. The number of aromatic amines is 2. The van der Waals surface area contributed by atoms with Crippen molar-refractivity contribution in [2.75, 3.05) is 10.6 Å². The summed E-state index contributed by atoms with van der Waals surface area (Å²) in [5, 5.41) is 50.3. The Morgan fingerprint density at radius 2 is 1.31 bits per heavy atom. The molecule has 2 amide bonds. The highest BCUT2D eigenvalue weighted by Gasteiger charge is 2.16. The first-order valence-corrected chi connectivity index (χ1v) is 9.41. The molecule has 18 nitrogen and oxygen atoms in total. The van der Waals surface area contributed by atoms with Crippen LogP contribution < -0.4 is 10.6 Å². The Kier molecular flexibility index (Phi) is 7.60. The van der Waals surface area contributed by atoms with Gasteiger partial charge >= 0.3 is 0 Å². The molecular weight excluding hydrogens is 492 g/mol. The highest BCUT2D eigenvalue weighted by Crippen LogP contribution is 2.25. The molecule has 0 unspecified atom stereocenters. The molecule has 4 N–H and O–H groups in total. The molecule has 4 rings (SSSR count). The standard InChI is InChI=1S/C8H5ClN6O3.C8H6N6O3/c9-5-3-4(1-2-6(5)15(17)18)7(16)10-8-11-13-14-12-8;15-7(9-8-10-12-13-11-8)5-1-3-6(4-2-5)14(16)17/h1-3H,(H2,10,11,12,13,14,16);1-4H,(H2,9,10,11,12,13,15). The summed E-state index contributed by atoms with van der Waals surface area (Å²) < 4.78 is 0. The Bertz CT molecular complexity index is 1340. The summed E-state index contributed by atoms with van der Waals surface area (Å²) in [5.41, 5.74) is 0.0754. The van der Waals surface area contributed by atoms with E-state index in [4.69, 9.17) is 11.6 Å². The van der Waals surface area contributed by atoms with Gasteiger partial charge in [0.2, 0.25) is 11.9 Å². The number of benzene rings is 2. The number of halogens is 1. The number of hydrogen-bond donors (Lipinski definition) is 4. The molecule has 0 aliphatic heterocycles. The summed E-state index contributed by atoms with van der Waals surface area (Å²) in [6.07, 6.45) is 0. The molecule has 2 heterocycles. The van der Waals surface area contributed by atoms with Gasteiger partial charge in [-0.1, -0.05) is 21.8 Å². The van der Waals surface area contributed by atoms with Gasteiger partial charge in [-0.05, 0) is 45.1 Å². The maximum Gasteiger partial charge on any atom is 0.287 e. The Hall–Kier alpha value is -5.39. The largest absolute Gasteiger partial charge is 0.289 e. The lowest BCUT2D eigenvalue weighted by Crippen LogP contribution is -2.13. The highest BCUT2D eigenvalue weighted by molar-refractivity contribution is 6.33. The second kappa shape index (κ2) is 11.0. The number of amides is 2. The summed E-state index contributed by atoms with van der Waals surface area (Å²) in [4.78, 5) is 43.1. The fourth-order valence-electron chi connectivity index (χ4n) is 2.31. The molecule has 0 aliphatic rings. The average molecular weight is 503 g/mol. The third-order valence-electron chi connectivity index (χ3n) is 3.90. The molecule has 2 aromatic heterocycles. The van der Waals surface area contributed by atoms with E-state index in [9.17, 15) is 29.8 Å². The van der Waals surface area contributed by atoms with Crippen LogP contribution in [0.3, 0.4) is 0 Å². The summed E-state index contributed by atoms with van der Waals surface area (Å²) in [6.45, 7) is 0. The molecule has 0 spiro atoms. The number of aromatic nitrogens is 8. The summed E-state index contributed by atoms with van der Waals surface area (Å²) >= 11 is 5.68. The maximum atomic E-state index is 11.7. The minimum Gasteiger partial charge on any atom is -0.289 e. The topological polar surface area (TPSA) is 253 Å². The molecular formula is C16H11ClN12O6. The van der Waals surface area contributed by atoms with Crippen LogP contribution in [0.1, 0.15) is 20.7 Å². The van der Waals surface area contributed by atoms with Crippen molar-refractivity contribution < 1.29 is 19.4 Å². The smallest absolute Gasteiger partial charge is 0.287 e. The van der Waals surface area contributed by atoms with E-state index in [-0.39, 0.29) is 39.4 Å². The zero-order valence-corrected chi connectivity index (χ0v) is 17.7. The van der Waals surface area contributed by atoms with Crippen LogP contribution in [-0.4, -0.2) is 62.9 Å². The van der Waals surface area contributed by atoms with Gasteiger partial charge in [0.05, 0.1) is 9.85 Å². The number of anilines is 2. The SMILES string of the molecule is O=C(Nc1nnn[nH]1)c1ccc([N+](=O)[O-])c(Cl)c1.O=C(Nc1nnn[nH]1)c1ccc([N+](=O)[O-])cc1. The summed E-state index contributed by atoms with van der Waals surface area (Å²) in [7, 11) is 0. The Labute approximate surface area is 197 Å².